The zero-order valence-corrected chi connectivity index (χ0v) is 8.51. The number of hydrogen-bond donors (Lipinski definition) is 1. The second kappa shape index (κ2) is 2.88. The third-order valence-electron chi connectivity index (χ3n) is 3.34. The number of para-hydroxylation sites is 1. The van der Waals surface area contributed by atoms with Crippen molar-refractivity contribution in [1.29, 1.82) is 0 Å². The molecule has 1 aliphatic rings. The maximum absolute atomic E-state index is 3.54. The summed E-state index contributed by atoms with van der Waals surface area (Å²) in [6.45, 7) is 2.35. The van der Waals surface area contributed by atoms with E-state index in [2.05, 4.69) is 36.2 Å². The van der Waals surface area contributed by atoms with Gasteiger partial charge in [-0.1, -0.05) is 25.1 Å². The largest absolute Gasteiger partial charge is 0.358 e. The highest BCUT2D eigenvalue weighted by atomic mass is 14.7. The maximum Gasteiger partial charge on any atom is 0.0458 e. The van der Waals surface area contributed by atoms with Gasteiger partial charge in [-0.25, -0.2) is 0 Å². The predicted octanol–water partition coefficient (Wildman–Crippen LogP) is 3.29. The van der Waals surface area contributed by atoms with Crippen molar-refractivity contribution in [2.75, 3.05) is 0 Å². The third-order valence-corrected chi connectivity index (χ3v) is 3.34. The summed E-state index contributed by atoms with van der Waals surface area (Å²) >= 11 is 0. The molecule has 0 unspecified atom stereocenters. The van der Waals surface area contributed by atoms with Crippen LogP contribution in [0, 0.1) is 5.92 Å². The maximum atomic E-state index is 3.54. The number of hydrogen-bond acceptors (Lipinski definition) is 0. The summed E-state index contributed by atoms with van der Waals surface area (Å²) in [7, 11) is 0. The lowest BCUT2D eigenvalue weighted by Crippen LogP contribution is -2.09. The van der Waals surface area contributed by atoms with Crippen LogP contribution in [-0.2, 0) is 12.8 Å². The number of aromatic amines is 1. The molecule has 3 rings (SSSR count). The fraction of sp³-hybridized carbons (Fsp3) is 0.385. The summed E-state index contributed by atoms with van der Waals surface area (Å²) < 4.78 is 0. The Hall–Kier alpha value is -1.24. The van der Waals surface area contributed by atoms with Crippen LogP contribution >= 0.6 is 0 Å². The summed E-state index contributed by atoms with van der Waals surface area (Å²) in [5, 5.41) is 1.44. The van der Waals surface area contributed by atoms with Gasteiger partial charge in [-0.15, -0.1) is 0 Å². The van der Waals surface area contributed by atoms with Crippen molar-refractivity contribution in [2.24, 2.45) is 5.92 Å². The van der Waals surface area contributed by atoms with Crippen LogP contribution in [0.4, 0.5) is 0 Å². The van der Waals surface area contributed by atoms with Crippen LogP contribution in [0.3, 0.4) is 0 Å². The highest BCUT2D eigenvalue weighted by Gasteiger charge is 2.18. The van der Waals surface area contributed by atoms with Gasteiger partial charge in [0.25, 0.3) is 0 Å². The second-order valence-electron chi connectivity index (χ2n) is 4.48. The molecule has 1 nitrogen and oxygen atoms in total. The fourth-order valence-electron chi connectivity index (χ4n) is 2.54. The van der Waals surface area contributed by atoms with E-state index in [9.17, 15) is 0 Å². The summed E-state index contributed by atoms with van der Waals surface area (Å²) in [5.41, 5.74) is 4.36. The van der Waals surface area contributed by atoms with Crippen LogP contribution in [0.5, 0.6) is 0 Å². The minimum Gasteiger partial charge on any atom is -0.358 e. The first kappa shape index (κ1) is 8.10. The highest BCUT2D eigenvalue weighted by Crippen LogP contribution is 2.31. The van der Waals surface area contributed by atoms with Crippen LogP contribution in [0.25, 0.3) is 10.9 Å². The van der Waals surface area contributed by atoms with Gasteiger partial charge in [-0.2, -0.15) is 0 Å². The van der Waals surface area contributed by atoms with Crippen LogP contribution in [0.15, 0.2) is 24.3 Å². The fourth-order valence-corrected chi connectivity index (χ4v) is 2.54. The number of benzene rings is 1. The first-order valence-corrected chi connectivity index (χ1v) is 5.43. The van der Waals surface area contributed by atoms with Gasteiger partial charge in [0, 0.05) is 16.6 Å². The normalized spacial score (nSPS) is 21.1. The van der Waals surface area contributed by atoms with Gasteiger partial charge in [0.15, 0.2) is 0 Å². The molecule has 1 aliphatic carbocycles. The van der Waals surface area contributed by atoms with Crippen molar-refractivity contribution in [3.63, 3.8) is 0 Å². The Bertz CT molecular complexity index is 467. The Morgan fingerprint density at radius 3 is 3.07 bits per heavy atom. The van der Waals surface area contributed by atoms with E-state index >= 15 is 0 Å². The Morgan fingerprint density at radius 2 is 2.14 bits per heavy atom. The Labute approximate surface area is 84.1 Å². The van der Waals surface area contributed by atoms with Crippen molar-refractivity contribution >= 4 is 10.9 Å². The molecule has 72 valence electrons. The molecular formula is C13H15N. The van der Waals surface area contributed by atoms with E-state index in [4.69, 9.17) is 0 Å². The first-order valence-electron chi connectivity index (χ1n) is 5.43. The van der Waals surface area contributed by atoms with E-state index < -0.39 is 0 Å². The average Bonchev–Trinajstić information content (AvgIpc) is 2.56. The molecule has 1 heteroatoms. The molecule has 0 saturated carbocycles. The van der Waals surface area contributed by atoms with Gasteiger partial charge in [0.2, 0.25) is 0 Å². The predicted molar refractivity (Wildman–Crippen MR) is 59.5 cm³/mol. The highest BCUT2D eigenvalue weighted by molar-refractivity contribution is 5.84. The molecule has 1 aromatic carbocycles. The number of fused-ring (bicyclic) bond motifs is 3. The van der Waals surface area contributed by atoms with E-state index in [-0.39, 0.29) is 0 Å². The summed E-state index contributed by atoms with van der Waals surface area (Å²) in [5.74, 6) is 0.849. The summed E-state index contributed by atoms with van der Waals surface area (Å²) in [4.78, 5) is 3.54. The Kier molecular flexibility index (Phi) is 1.66. The zero-order chi connectivity index (χ0) is 9.54. The van der Waals surface area contributed by atoms with Gasteiger partial charge < -0.3 is 4.98 Å². The average molecular weight is 185 g/mol. The van der Waals surface area contributed by atoms with E-state index in [1.54, 1.807) is 5.56 Å². The van der Waals surface area contributed by atoms with Crippen LogP contribution in [0.2, 0.25) is 0 Å². The number of rotatable bonds is 0. The van der Waals surface area contributed by atoms with Gasteiger partial charge in [-0.05, 0) is 36.8 Å². The zero-order valence-electron chi connectivity index (χ0n) is 8.51. The van der Waals surface area contributed by atoms with Crippen molar-refractivity contribution in [1.82, 2.24) is 4.98 Å². The van der Waals surface area contributed by atoms with Gasteiger partial charge >= 0.3 is 0 Å². The van der Waals surface area contributed by atoms with Gasteiger partial charge in [0.1, 0.15) is 0 Å². The van der Waals surface area contributed by atoms with E-state index in [1.807, 2.05) is 0 Å². The smallest absolute Gasteiger partial charge is 0.0458 e. The van der Waals surface area contributed by atoms with Gasteiger partial charge in [-0.3, -0.25) is 0 Å². The van der Waals surface area contributed by atoms with E-state index in [0.717, 1.165) is 5.92 Å². The van der Waals surface area contributed by atoms with Gasteiger partial charge in [0.05, 0.1) is 0 Å². The lowest BCUT2D eigenvalue weighted by Gasteiger charge is -2.17. The van der Waals surface area contributed by atoms with E-state index in [1.165, 1.54) is 35.9 Å². The minimum atomic E-state index is 0.849. The molecule has 0 bridgehead atoms. The molecule has 1 N–H and O–H groups in total. The molecule has 0 amide bonds. The second-order valence-corrected chi connectivity index (χ2v) is 4.48. The molecule has 1 aromatic heterocycles. The van der Waals surface area contributed by atoms with Crippen molar-refractivity contribution in [2.45, 2.75) is 26.2 Å². The molecular weight excluding hydrogens is 170 g/mol. The van der Waals surface area contributed by atoms with Crippen LogP contribution in [-0.4, -0.2) is 4.98 Å². The monoisotopic (exact) mass is 185 g/mol. The molecule has 0 saturated heterocycles. The molecule has 0 radical (unpaired) electrons. The summed E-state index contributed by atoms with van der Waals surface area (Å²) in [6, 6.07) is 8.66. The molecule has 1 heterocycles. The van der Waals surface area contributed by atoms with Crippen molar-refractivity contribution < 1.29 is 0 Å². The SMILES string of the molecule is C[C@@H]1CCc2[nH]c3ccccc3c2C1. The number of aryl methyl sites for hydroxylation is 1. The number of aromatic nitrogens is 1. The van der Waals surface area contributed by atoms with Crippen LogP contribution < -0.4 is 0 Å². The topological polar surface area (TPSA) is 15.8 Å². The standard InChI is InChI=1S/C13H15N/c1-9-6-7-13-11(8-9)10-4-2-3-5-12(10)14-13/h2-5,9,14H,6-8H2,1H3/t9-/m1/s1. The Balaban J connectivity index is 2.25. The molecule has 0 spiro atoms. The third kappa shape index (κ3) is 1.08. The quantitative estimate of drug-likeness (QED) is 0.648. The minimum absolute atomic E-state index is 0.849. The molecule has 0 aliphatic heterocycles. The number of H-pyrrole nitrogens is 1. The van der Waals surface area contributed by atoms with Crippen molar-refractivity contribution in [3.8, 4) is 0 Å². The Morgan fingerprint density at radius 1 is 1.29 bits per heavy atom. The lowest BCUT2D eigenvalue weighted by molar-refractivity contribution is 0.499. The molecule has 2 aromatic rings. The van der Waals surface area contributed by atoms with Crippen molar-refractivity contribution in [3.05, 3.63) is 35.5 Å². The summed E-state index contributed by atoms with van der Waals surface area (Å²) in [6.07, 6.45) is 3.81. The molecule has 0 fully saturated rings. The molecule has 1 atom stereocenters. The number of nitrogens with one attached hydrogen (secondary N) is 1. The molecule has 14 heavy (non-hydrogen) atoms. The lowest BCUT2D eigenvalue weighted by atomic mass is 9.88. The van der Waals surface area contributed by atoms with E-state index in [0.29, 0.717) is 0 Å². The van der Waals surface area contributed by atoms with Crippen LogP contribution in [0.1, 0.15) is 24.6 Å². The first-order chi connectivity index (χ1) is 6.84.